The number of β-amino-alcohol motifs (C(OH)–C–C–N with tert-alkyl or cyclic N) is 1. The zero-order valence-corrected chi connectivity index (χ0v) is 23.8. The molecule has 1 aromatic heterocycles. The Hall–Kier alpha value is -3.60. The summed E-state index contributed by atoms with van der Waals surface area (Å²) in [4.78, 5) is 27.5. The standard InChI is InChI=1S/C30H40N6O4/c1-18-19(2)36(34-33-18)26(30(3,4)5)29(40)35-17-23(37)16-25(35)28(39)32-24(27(31)38)15-20-11-13-22(14-12-20)21-9-7-6-8-10-21/h6-14,23-26,29,37,40H,15-17H2,1-5H3,(H2,31,38)(H,32,39). The van der Waals surface area contributed by atoms with E-state index in [1.807, 2.05) is 89.2 Å². The van der Waals surface area contributed by atoms with Gasteiger partial charge in [-0.2, -0.15) is 0 Å². The molecular weight excluding hydrogens is 508 g/mol. The predicted octanol–water partition coefficient (Wildman–Crippen LogP) is 2.12. The van der Waals surface area contributed by atoms with Crippen LogP contribution in [-0.2, 0) is 16.0 Å². The van der Waals surface area contributed by atoms with Gasteiger partial charge in [0.15, 0.2) is 0 Å². The Morgan fingerprint density at radius 3 is 2.25 bits per heavy atom. The summed E-state index contributed by atoms with van der Waals surface area (Å²) in [5.41, 5.74) is 9.76. The maximum atomic E-state index is 13.5. The van der Waals surface area contributed by atoms with E-state index >= 15 is 0 Å². The summed E-state index contributed by atoms with van der Waals surface area (Å²) in [6, 6.07) is 15.3. The Morgan fingerprint density at radius 2 is 1.70 bits per heavy atom. The van der Waals surface area contributed by atoms with E-state index in [1.165, 1.54) is 0 Å². The number of nitrogens with two attached hydrogens (primary N) is 1. The third-order valence-corrected chi connectivity index (χ3v) is 7.71. The first-order valence-electron chi connectivity index (χ1n) is 13.6. The van der Waals surface area contributed by atoms with Crippen molar-refractivity contribution >= 4 is 11.8 Å². The van der Waals surface area contributed by atoms with E-state index in [2.05, 4.69) is 15.6 Å². The van der Waals surface area contributed by atoms with E-state index in [-0.39, 0.29) is 19.4 Å². The minimum atomic E-state index is -1.15. The van der Waals surface area contributed by atoms with E-state index < -0.39 is 47.7 Å². The average Bonchev–Trinajstić information content (AvgIpc) is 3.46. The van der Waals surface area contributed by atoms with Crippen LogP contribution in [0.25, 0.3) is 11.1 Å². The van der Waals surface area contributed by atoms with Crippen molar-refractivity contribution in [1.29, 1.82) is 0 Å². The first kappa shape index (κ1) is 29.4. The molecule has 3 aromatic rings. The van der Waals surface area contributed by atoms with Crippen molar-refractivity contribution < 1.29 is 19.8 Å². The number of nitrogens with one attached hydrogen (secondary N) is 1. The molecule has 10 heteroatoms. The lowest BCUT2D eigenvalue weighted by molar-refractivity contribution is -0.136. The minimum absolute atomic E-state index is 0.0980. The second-order valence-electron chi connectivity index (χ2n) is 11.8. The number of benzene rings is 2. The lowest BCUT2D eigenvalue weighted by Gasteiger charge is -2.40. The second-order valence-corrected chi connectivity index (χ2v) is 11.8. The van der Waals surface area contributed by atoms with Crippen molar-refractivity contribution in [2.45, 2.75) is 77.9 Å². The van der Waals surface area contributed by atoms with Crippen molar-refractivity contribution in [2.24, 2.45) is 11.1 Å². The van der Waals surface area contributed by atoms with E-state index in [1.54, 1.807) is 9.58 Å². The van der Waals surface area contributed by atoms with Crippen LogP contribution in [0.2, 0.25) is 0 Å². The van der Waals surface area contributed by atoms with E-state index in [9.17, 15) is 19.8 Å². The molecule has 5 atom stereocenters. The molecule has 1 aliphatic rings. The molecule has 214 valence electrons. The van der Waals surface area contributed by atoms with Crippen LogP contribution >= 0.6 is 0 Å². The van der Waals surface area contributed by atoms with Crippen molar-refractivity contribution in [3.05, 3.63) is 71.5 Å². The molecule has 1 saturated heterocycles. The van der Waals surface area contributed by atoms with Gasteiger partial charge in [0.1, 0.15) is 12.3 Å². The number of rotatable bonds is 9. The molecule has 0 saturated carbocycles. The summed E-state index contributed by atoms with van der Waals surface area (Å²) in [5, 5.41) is 33.3. The van der Waals surface area contributed by atoms with Gasteiger partial charge in [0.25, 0.3) is 0 Å². The Labute approximate surface area is 235 Å². The van der Waals surface area contributed by atoms with Crippen LogP contribution in [0.1, 0.15) is 50.2 Å². The maximum absolute atomic E-state index is 13.5. The molecule has 2 aromatic carbocycles. The number of primary amides is 1. The lowest BCUT2D eigenvalue weighted by atomic mass is 9.84. The number of likely N-dealkylation sites (tertiary alicyclic amines) is 1. The van der Waals surface area contributed by atoms with Crippen molar-refractivity contribution in [3.8, 4) is 11.1 Å². The smallest absolute Gasteiger partial charge is 0.240 e. The van der Waals surface area contributed by atoms with Crippen LogP contribution in [-0.4, -0.2) is 72.9 Å². The second kappa shape index (κ2) is 11.9. The highest BCUT2D eigenvalue weighted by Gasteiger charge is 2.46. The number of aliphatic hydroxyl groups is 2. The molecule has 10 nitrogen and oxygen atoms in total. The van der Waals surface area contributed by atoms with Crippen molar-refractivity contribution in [2.75, 3.05) is 6.54 Å². The summed E-state index contributed by atoms with van der Waals surface area (Å²) < 4.78 is 1.69. The van der Waals surface area contributed by atoms with Crippen LogP contribution in [0.3, 0.4) is 0 Å². The Bertz CT molecular complexity index is 1320. The third-order valence-electron chi connectivity index (χ3n) is 7.71. The largest absolute Gasteiger partial charge is 0.392 e. The number of aliphatic hydroxyl groups excluding tert-OH is 2. The van der Waals surface area contributed by atoms with E-state index in [4.69, 9.17) is 5.73 Å². The Morgan fingerprint density at radius 1 is 1.07 bits per heavy atom. The molecular formula is C30H40N6O4. The Balaban J connectivity index is 1.51. The van der Waals surface area contributed by atoms with E-state index in [0.29, 0.717) is 0 Å². The summed E-state index contributed by atoms with van der Waals surface area (Å²) in [7, 11) is 0. The SMILES string of the molecule is Cc1nnn(C(C(O)N2CC(O)CC2C(=O)NC(Cc2ccc(-c3ccccc3)cc2)C(N)=O)C(C)(C)C)c1C. The van der Waals surface area contributed by atoms with Gasteiger partial charge in [0.2, 0.25) is 11.8 Å². The fraction of sp³-hybridized carbons (Fsp3) is 0.467. The fourth-order valence-electron chi connectivity index (χ4n) is 5.38. The summed E-state index contributed by atoms with van der Waals surface area (Å²) in [6.07, 6.45) is -1.63. The molecule has 5 unspecified atom stereocenters. The molecule has 1 aliphatic heterocycles. The molecule has 2 amide bonds. The highest BCUT2D eigenvalue weighted by molar-refractivity contribution is 5.89. The van der Waals surface area contributed by atoms with Gasteiger partial charge in [-0.15, -0.1) is 5.10 Å². The first-order chi connectivity index (χ1) is 18.9. The molecule has 0 bridgehead atoms. The Kier molecular flexibility index (Phi) is 8.72. The van der Waals surface area contributed by atoms with Crippen LogP contribution in [0.15, 0.2) is 54.6 Å². The van der Waals surface area contributed by atoms with Gasteiger partial charge in [-0.1, -0.05) is 80.6 Å². The number of nitrogens with zero attached hydrogens (tertiary/aromatic N) is 4. The van der Waals surface area contributed by atoms with Gasteiger partial charge in [-0.3, -0.25) is 14.5 Å². The topological polar surface area (TPSA) is 147 Å². The number of carbonyl (C=O) groups is 2. The van der Waals surface area contributed by atoms with Crippen LogP contribution in [0.4, 0.5) is 0 Å². The van der Waals surface area contributed by atoms with Gasteiger partial charge in [0, 0.05) is 13.0 Å². The molecule has 0 radical (unpaired) electrons. The van der Waals surface area contributed by atoms with Gasteiger partial charge in [0.05, 0.1) is 29.6 Å². The highest BCUT2D eigenvalue weighted by Crippen LogP contribution is 2.37. The minimum Gasteiger partial charge on any atom is -0.392 e. The number of hydrogen-bond acceptors (Lipinski definition) is 7. The van der Waals surface area contributed by atoms with Crippen molar-refractivity contribution in [1.82, 2.24) is 25.2 Å². The molecule has 0 aliphatic carbocycles. The average molecular weight is 549 g/mol. The van der Waals surface area contributed by atoms with Crippen LogP contribution < -0.4 is 11.1 Å². The number of aryl methyl sites for hydroxylation is 1. The number of hydrogen-bond donors (Lipinski definition) is 4. The maximum Gasteiger partial charge on any atom is 0.240 e. The van der Waals surface area contributed by atoms with E-state index in [0.717, 1.165) is 28.1 Å². The molecule has 2 heterocycles. The molecule has 0 spiro atoms. The first-order valence-corrected chi connectivity index (χ1v) is 13.6. The number of carbonyl (C=O) groups excluding carboxylic acids is 2. The molecule has 4 rings (SSSR count). The van der Waals surface area contributed by atoms with Crippen LogP contribution in [0, 0.1) is 19.3 Å². The number of aromatic nitrogens is 3. The van der Waals surface area contributed by atoms with Gasteiger partial charge >= 0.3 is 0 Å². The monoisotopic (exact) mass is 548 g/mol. The summed E-state index contributed by atoms with van der Waals surface area (Å²) in [5.74, 6) is -1.13. The zero-order chi connectivity index (χ0) is 29.2. The fourth-order valence-corrected chi connectivity index (χ4v) is 5.38. The van der Waals surface area contributed by atoms with Gasteiger partial charge in [-0.25, -0.2) is 4.68 Å². The number of amides is 2. The summed E-state index contributed by atoms with van der Waals surface area (Å²) >= 11 is 0. The lowest BCUT2D eigenvalue weighted by Crippen LogP contribution is -2.56. The van der Waals surface area contributed by atoms with Crippen LogP contribution in [0.5, 0.6) is 0 Å². The normalized spacial score (nSPS) is 20.2. The zero-order valence-electron chi connectivity index (χ0n) is 23.8. The summed E-state index contributed by atoms with van der Waals surface area (Å²) in [6.45, 7) is 9.76. The molecule has 40 heavy (non-hydrogen) atoms. The molecule has 5 N–H and O–H groups in total. The van der Waals surface area contributed by atoms with Crippen molar-refractivity contribution in [3.63, 3.8) is 0 Å². The predicted molar refractivity (Wildman–Crippen MR) is 152 cm³/mol. The third kappa shape index (κ3) is 6.41. The van der Waals surface area contributed by atoms with Gasteiger partial charge in [-0.05, 0) is 42.4 Å². The quantitative estimate of drug-likeness (QED) is 0.320. The highest BCUT2D eigenvalue weighted by atomic mass is 16.3. The molecule has 1 fully saturated rings. The van der Waals surface area contributed by atoms with Gasteiger partial charge < -0.3 is 21.3 Å².